The Morgan fingerprint density at radius 2 is 1.96 bits per heavy atom. The zero-order chi connectivity index (χ0) is 17.9. The van der Waals surface area contributed by atoms with E-state index in [1.165, 1.54) is 5.69 Å². The van der Waals surface area contributed by atoms with Gasteiger partial charge >= 0.3 is 0 Å². The second kappa shape index (κ2) is 7.39. The van der Waals surface area contributed by atoms with E-state index in [2.05, 4.69) is 48.7 Å². The molecule has 6 nitrogen and oxygen atoms in total. The first-order chi connectivity index (χ1) is 12.7. The van der Waals surface area contributed by atoms with E-state index >= 15 is 0 Å². The molecule has 7 heteroatoms. The molecule has 0 atom stereocenters. The minimum Gasteiger partial charge on any atom is -0.369 e. The molecule has 0 radical (unpaired) electrons. The monoisotopic (exact) mass is 366 g/mol. The van der Waals surface area contributed by atoms with Crippen LogP contribution >= 0.6 is 11.3 Å². The number of rotatable bonds is 4. The molecule has 1 fully saturated rings. The van der Waals surface area contributed by atoms with Crippen molar-refractivity contribution in [2.45, 2.75) is 13.8 Å². The van der Waals surface area contributed by atoms with Crippen molar-refractivity contribution in [3.63, 3.8) is 0 Å². The van der Waals surface area contributed by atoms with Crippen LogP contribution in [0, 0.1) is 13.8 Å². The van der Waals surface area contributed by atoms with Gasteiger partial charge in [-0.15, -0.1) is 11.3 Å². The van der Waals surface area contributed by atoms with Crippen LogP contribution in [0.4, 0.5) is 17.3 Å². The number of aromatic nitrogens is 3. The summed E-state index contributed by atoms with van der Waals surface area (Å²) < 4.78 is 0. The average molecular weight is 366 g/mol. The van der Waals surface area contributed by atoms with Crippen molar-refractivity contribution in [2.24, 2.45) is 0 Å². The number of aryl methyl sites for hydroxylation is 2. The Bertz CT molecular complexity index is 901. The van der Waals surface area contributed by atoms with Crippen LogP contribution < -0.4 is 15.5 Å². The highest BCUT2D eigenvalue weighted by molar-refractivity contribution is 7.15. The molecule has 0 amide bonds. The van der Waals surface area contributed by atoms with Crippen LogP contribution in [0.3, 0.4) is 0 Å². The van der Waals surface area contributed by atoms with Crippen molar-refractivity contribution in [3.05, 3.63) is 47.2 Å². The molecule has 1 aliphatic heterocycles. The number of nitrogens with zero attached hydrogens (tertiary/aromatic N) is 4. The fourth-order valence-electron chi connectivity index (χ4n) is 3.15. The smallest absolute Gasteiger partial charge is 0.227 e. The van der Waals surface area contributed by atoms with Crippen molar-refractivity contribution in [2.75, 3.05) is 36.4 Å². The van der Waals surface area contributed by atoms with Crippen molar-refractivity contribution < 1.29 is 0 Å². The van der Waals surface area contributed by atoms with Gasteiger partial charge in [-0.05, 0) is 38.1 Å². The summed E-state index contributed by atoms with van der Waals surface area (Å²) in [5.41, 5.74) is 4.14. The Morgan fingerprint density at radius 3 is 2.73 bits per heavy atom. The Hall–Kier alpha value is -2.51. The first-order valence-electron chi connectivity index (χ1n) is 8.79. The summed E-state index contributed by atoms with van der Waals surface area (Å²) in [5, 5.41) is 7.78. The lowest BCUT2D eigenvalue weighted by atomic mass is 10.2. The van der Waals surface area contributed by atoms with Gasteiger partial charge in [0.1, 0.15) is 0 Å². The summed E-state index contributed by atoms with van der Waals surface area (Å²) in [4.78, 5) is 17.0. The molecular formula is C19H22N6S. The molecule has 134 valence electrons. The number of anilines is 3. The molecule has 3 aromatic rings. The van der Waals surface area contributed by atoms with Gasteiger partial charge in [-0.1, -0.05) is 6.07 Å². The summed E-state index contributed by atoms with van der Waals surface area (Å²) in [6, 6.07) is 10.4. The minimum absolute atomic E-state index is 0.602. The fraction of sp³-hybridized carbons (Fsp3) is 0.316. The second-order valence-corrected chi connectivity index (χ2v) is 7.53. The molecule has 26 heavy (non-hydrogen) atoms. The van der Waals surface area contributed by atoms with E-state index in [0.717, 1.165) is 53.1 Å². The Labute approximate surface area is 157 Å². The summed E-state index contributed by atoms with van der Waals surface area (Å²) in [7, 11) is 0. The molecule has 0 aliphatic carbocycles. The number of piperazine rings is 1. The molecule has 4 rings (SSSR count). The van der Waals surface area contributed by atoms with E-state index in [1.54, 1.807) is 17.5 Å². The van der Waals surface area contributed by atoms with E-state index in [0.29, 0.717) is 5.95 Å². The van der Waals surface area contributed by atoms with Gasteiger partial charge in [0.15, 0.2) is 0 Å². The van der Waals surface area contributed by atoms with Gasteiger partial charge < -0.3 is 15.5 Å². The molecule has 0 unspecified atom stereocenters. The lowest BCUT2D eigenvalue weighted by Gasteiger charge is -2.29. The van der Waals surface area contributed by atoms with Gasteiger partial charge in [-0.2, -0.15) is 0 Å². The molecule has 0 saturated carbocycles. The molecule has 1 aromatic carbocycles. The topological polar surface area (TPSA) is 66.0 Å². The maximum atomic E-state index is 4.68. The van der Waals surface area contributed by atoms with Crippen LogP contribution in [-0.4, -0.2) is 41.1 Å². The molecule has 2 N–H and O–H groups in total. The maximum absolute atomic E-state index is 4.68. The van der Waals surface area contributed by atoms with Crippen LogP contribution in [-0.2, 0) is 0 Å². The summed E-state index contributed by atoms with van der Waals surface area (Å²) in [5.74, 6) is 0.602. The third-order valence-electron chi connectivity index (χ3n) is 4.38. The molecule has 0 spiro atoms. The van der Waals surface area contributed by atoms with E-state index < -0.39 is 0 Å². The van der Waals surface area contributed by atoms with Crippen LogP contribution in [0.2, 0.25) is 0 Å². The maximum Gasteiger partial charge on any atom is 0.227 e. The molecule has 1 aliphatic rings. The molecular weight excluding hydrogens is 344 g/mol. The number of nitrogens with one attached hydrogen (secondary N) is 2. The first-order valence-corrected chi connectivity index (χ1v) is 9.61. The quantitative estimate of drug-likeness (QED) is 0.738. The van der Waals surface area contributed by atoms with Gasteiger partial charge in [-0.25, -0.2) is 15.0 Å². The highest BCUT2D eigenvalue weighted by atomic mass is 32.1. The lowest BCUT2D eigenvalue weighted by Crippen LogP contribution is -2.43. The SMILES string of the molecule is Cc1nc(C)c(-c2ccnc(Nc3cccc(N4CCNCC4)c3)n2)s1. The van der Waals surface area contributed by atoms with Gasteiger partial charge in [0, 0.05) is 43.8 Å². The largest absolute Gasteiger partial charge is 0.369 e. The predicted octanol–water partition coefficient (Wildman–Crippen LogP) is 3.37. The number of hydrogen-bond donors (Lipinski definition) is 2. The Kier molecular flexibility index (Phi) is 4.81. The molecule has 0 bridgehead atoms. The number of hydrogen-bond acceptors (Lipinski definition) is 7. The van der Waals surface area contributed by atoms with Crippen molar-refractivity contribution >= 4 is 28.7 Å². The highest BCUT2D eigenvalue weighted by Gasteiger charge is 2.12. The zero-order valence-corrected chi connectivity index (χ0v) is 15.8. The van der Waals surface area contributed by atoms with Gasteiger partial charge in [0.05, 0.1) is 21.3 Å². The normalized spacial score (nSPS) is 14.5. The third-order valence-corrected chi connectivity index (χ3v) is 5.47. The van der Waals surface area contributed by atoms with E-state index in [-0.39, 0.29) is 0 Å². The molecule has 1 saturated heterocycles. The second-order valence-electron chi connectivity index (χ2n) is 6.33. The van der Waals surface area contributed by atoms with Gasteiger partial charge in [0.25, 0.3) is 0 Å². The van der Waals surface area contributed by atoms with Crippen LogP contribution in [0.5, 0.6) is 0 Å². The Morgan fingerprint density at radius 1 is 1.12 bits per heavy atom. The number of thiazole rings is 1. The lowest BCUT2D eigenvalue weighted by molar-refractivity contribution is 0.589. The van der Waals surface area contributed by atoms with Crippen LogP contribution in [0.1, 0.15) is 10.7 Å². The fourth-order valence-corrected chi connectivity index (χ4v) is 4.04. The van der Waals surface area contributed by atoms with E-state index in [4.69, 9.17) is 0 Å². The zero-order valence-electron chi connectivity index (χ0n) is 15.0. The average Bonchev–Trinajstić information content (AvgIpc) is 3.01. The summed E-state index contributed by atoms with van der Waals surface area (Å²) in [6.45, 7) is 8.14. The van der Waals surface area contributed by atoms with Gasteiger partial charge in [0.2, 0.25) is 5.95 Å². The molecule has 3 heterocycles. The molecule has 2 aromatic heterocycles. The van der Waals surface area contributed by atoms with E-state index in [9.17, 15) is 0 Å². The van der Waals surface area contributed by atoms with Crippen LogP contribution in [0.25, 0.3) is 10.6 Å². The summed E-state index contributed by atoms with van der Waals surface area (Å²) >= 11 is 1.66. The number of benzene rings is 1. The minimum atomic E-state index is 0.602. The first kappa shape index (κ1) is 16.9. The Balaban J connectivity index is 1.56. The van der Waals surface area contributed by atoms with Crippen molar-refractivity contribution in [3.8, 4) is 10.6 Å². The van der Waals surface area contributed by atoms with E-state index in [1.807, 2.05) is 26.0 Å². The third kappa shape index (κ3) is 3.68. The standard InChI is InChI=1S/C19H22N6S/c1-13-18(26-14(2)22-13)17-6-7-21-19(24-17)23-15-4-3-5-16(12-15)25-10-8-20-9-11-25/h3-7,12,20H,8-11H2,1-2H3,(H,21,23,24). The summed E-state index contributed by atoms with van der Waals surface area (Å²) in [6.07, 6.45) is 1.79. The van der Waals surface area contributed by atoms with Crippen molar-refractivity contribution in [1.82, 2.24) is 20.3 Å². The predicted molar refractivity (Wildman–Crippen MR) is 107 cm³/mol. The van der Waals surface area contributed by atoms with Gasteiger partial charge in [-0.3, -0.25) is 0 Å². The highest BCUT2D eigenvalue weighted by Crippen LogP contribution is 2.29. The van der Waals surface area contributed by atoms with Crippen LogP contribution in [0.15, 0.2) is 36.5 Å². The van der Waals surface area contributed by atoms with Crippen molar-refractivity contribution in [1.29, 1.82) is 0 Å².